The lowest BCUT2D eigenvalue weighted by atomic mass is 9.80. The average Bonchev–Trinajstić information content (AvgIpc) is 3.34. The van der Waals surface area contributed by atoms with E-state index in [9.17, 15) is 14.4 Å². The van der Waals surface area contributed by atoms with E-state index < -0.39 is 29.4 Å². The molecule has 8 heteroatoms. The number of esters is 1. The molecule has 8 nitrogen and oxygen atoms in total. The van der Waals surface area contributed by atoms with Gasteiger partial charge in [-0.2, -0.15) is 0 Å². The maximum atomic E-state index is 13.1. The van der Waals surface area contributed by atoms with Crippen LogP contribution in [-0.2, 0) is 19.1 Å². The third-order valence-electron chi connectivity index (χ3n) is 6.49. The van der Waals surface area contributed by atoms with Crippen molar-refractivity contribution < 1.29 is 23.6 Å². The maximum absolute atomic E-state index is 13.1. The third kappa shape index (κ3) is 3.08. The summed E-state index contributed by atoms with van der Waals surface area (Å²) in [5.74, 6) is -1.82. The molecule has 2 aromatic rings. The standard InChI is InChI=1S/C23H27N3O5/c1-6-26-20(27)17-18(21(26)28)23(5,22(29)30-7-2)24-19(17)15-10-8-14(9-11-15)16-12(3)25-31-13(16)4/h8-11,17-19,24H,6-7H2,1-5H3/t17?,18-,19+,23+/m0/s1. The van der Waals surface area contributed by atoms with E-state index in [2.05, 4.69) is 10.5 Å². The minimum atomic E-state index is -1.28. The molecule has 2 aliphatic heterocycles. The van der Waals surface area contributed by atoms with Crippen molar-refractivity contribution >= 4 is 17.8 Å². The van der Waals surface area contributed by atoms with Gasteiger partial charge in [0.05, 0.1) is 24.1 Å². The average molecular weight is 425 g/mol. The van der Waals surface area contributed by atoms with E-state index in [4.69, 9.17) is 9.26 Å². The van der Waals surface area contributed by atoms with E-state index in [0.717, 1.165) is 28.1 Å². The number of aromatic nitrogens is 1. The van der Waals surface area contributed by atoms with Gasteiger partial charge in [-0.1, -0.05) is 29.4 Å². The van der Waals surface area contributed by atoms with Gasteiger partial charge in [0.2, 0.25) is 11.8 Å². The van der Waals surface area contributed by atoms with E-state index in [-0.39, 0.29) is 25.0 Å². The Labute approximate surface area is 180 Å². The zero-order chi connectivity index (χ0) is 22.5. The fourth-order valence-corrected chi connectivity index (χ4v) is 5.02. The number of hydrogen-bond donors (Lipinski definition) is 1. The first-order valence-electron chi connectivity index (χ1n) is 10.6. The molecule has 1 aromatic heterocycles. The molecule has 3 heterocycles. The molecule has 0 spiro atoms. The van der Waals surface area contributed by atoms with E-state index in [1.165, 1.54) is 4.90 Å². The van der Waals surface area contributed by atoms with Gasteiger partial charge >= 0.3 is 5.97 Å². The number of nitrogens with zero attached hydrogens (tertiary/aromatic N) is 2. The van der Waals surface area contributed by atoms with Gasteiger partial charge in [0, 0.05) is 18.2 Å². The molecule has 31 heavy (non-hydrogen) atoms. The van der Waals surface area contributed by atoms with Crippen LogP contribution in [0.5, 0.6) is 0 Å². The third-order valence-corrected chi connectivity index (χ3v) is 6.49. The highest BCUT2D eigenvalue weighted by atomic mass is 16.5. The van der Waals surface area contributed by atoms with E-state index >= 15 is 0 Å². The number of carbonyl (C=O) groups excluding carboxylic acids is 3. The van der Waals surface area contributed by atoms with Gasteiger partial charge in [0.15, 0.2) is 0 Å². The van der Waals surface area contributed by atoms with Crippen molar-refractivity contribution in [3.63, 3.8) is 0 Å². The molecule has 4 rings (SSSR count). The first kappa shape index (κ1) is 21.2. The van der Waals surface area contributed by atoms with Crippen molar-refractivity contribution in [1.29, 1.82) is 0 Å². The van der Waals surface area contributed by atoms with Crippen LogP contribution in [0, 0.1) is 25.7 Å². The molecule has 2 saturated heterocycles. The lowest BCUT2D eigenvalue weighted by Crippen LogP contribution is -2.54. The number of amides is 2. The topological polar surface area (TPSA) is 102 Å². The Hall–Kier alpha value is -3.00. The minimum Gasteiger partial charge on any atom is -0.465 e. The van der Waals surface area contributed by atoms with Gasteiger partial charge in [0.1, 0.15) is 11.3 Å². The van der Waals surface area contributed by atoms with Crippen LogP contribution in [0.2, 0.25) is 0 Å². The molecular weight excluding hydrogens is 398 g/mol. The molecule has 164 valence electrons. The summed E-state index contributed by atoms with van der Waals surface area (Å²) < 4.78 is 10.5. The van der Waals surface area contributed by atoms with Crippen LogP contribution < -0.4 is 5.32 Å². The number of ether oxygens (including phenoxy) is 1. The molecule has 2 fully saturated rings. The Bertz CT molecular complexity index is 1020. The predicted molar refractivity (Wildman–Crippen MR) is 112 cm³/mol. The molecule has 1 N–H and O–H groups in total. The number of carbonyl (C=O) groups is 3. The van der Waals surface area contributed by atoms with Crippen LogP contribution >= 0.6 is 0 Å². The summed E-state index contributed by atoms with van der Waals surface area (Å²) in [5.41, 5.74) is 2.24. The van der Waals surface area contributed by atoms with Gasteiger partial charge in [-0.05, 0) is 45.7 Å². The lowest BCUT2D eigenvalue weighted by Gasteiger charge is -2.29. The number of fused-ring (bicyclic) bond motifs is 1. The number of benzene rings is 1. The molecule has 4 atom stereocenters. The summed E-state index contributed by atoms with van der Waals surface area (Å²) in [4.78, 5) is 40.3. The van der Waals surface area contributed by atoms with Gasteiger partial charge < -0.3 is 9.26 Å². The van der Waals surface area contributed by atoms with Crippen molar-refractivity contribution in [2.24, 2.45) is 11.8 Å². The Morgan fingerprint density at radius 3 is 2.42 bits per heavy atom. The zero-order valence-electron chi connectivity index (χ0n) is 18.4. The molecule has 2 aliphatic rings. The highest BCUT2D eigenvalue weighted by Crippen LogP contribution is 2.49. The summed E-state index contributed by atoms with van der Waals surface area (Å²) in [5, 5.41) is 7.28. The second kappa shape index (κ2) is 7.60. The largest absolute Gasteiger partial charge is 0.465 e. The summed E-state index contributed by atoms with van der Waals surface area (Å²) in [6.45, 7) is 9.36. The smallest absolute Gasteiger partial charge is 0.326 e. The van der Waals surface area contributed by atoms with Crippen LogP contribution in [0.3, 0.4) is 0 Å². The van der Waals surface area contributed by atoms with Crippen LogP contribution in [0.4, 0.5) is 0 Å². The number of aryl methyl sites for hydroxylation is 2. The lowest BCUT2D eigenvalue weighted by molar-refractivity contribution is -0.155. The van der Waals surface area contributed by atoms with E-state index in [1.807, 2.05) is 38.1 Å². The van der Waals surface area contributed by atoms with Crippen molar-refractivity contribution in [3.8, 4) is 11.1 Å². The Balaban J connectivity index is 1.73. The Kier molecular flexibility index (Phi) is 5.21. The quantitative estimate of drug-likeness (QED) is 0.580. The van der Waals surface area contributed by atoms with Crippen LogP contribution in [0.25, 0.3) is 11.1 Å². The second-order valence-electron chi connectivity index (χ2n) is 8.29. The van der Waals surface area contributed by atoms with Crippen LogP contribution in [0.1, 0.15) is 43.8 Å². The van der Waals surface area contributed by atoms with Gasteiger partial charge in [-0.3, -0.25) is 24.6 Å². The molecule has 2 amide bonds. The molecule has 0 bridgehead atoms. The molecule has 0 saturated carbocycles. The maximum Gasteiger partial charge on any atom is 0.326 e. The number of likely N-dealkylation sites (tertiary alicyclic amines) is 1. The van der Waals surface area contributed by atoms with Gasteiger partial charge in [-0.15, -0.1) is 0 Å². The Morgan fingerprint density at radius 2 is 1.87 bits per heavy atom. The van der Waals surface area contributed by atoms with Crippen molar-refractivity contribution in [3.05, 3.63) is 41.3 Å². The first-order valence-corrected chi connectivity index (χ1v) is 10.6. The van der Waals surface area contributed by atoms with E-state index in [1.54, 1.807) is 20.8 Å². The van der Waals surface area contributed by atoms with Crippen molar-refractivity contribution in [2.75, 3.05) is 13.2 Å². The molecule has 1 aromatic carbocycles. The molecule has 1 unspecified atom stereocenters. The molecular formula is C23H27N3O5. The van der Waals surface area contributed by atoms with Crippen molar-refractivity contribution in [1.82, 2.24) is 15.4 Å². The van der Waals surface area contributed by atoms with Crippen molar-refractivity contribution in [2.45, 2.75) is 46.2 Å². The fraction of sp³-hybridized carbons (Fsp3) is 0.478. The summed E-state index contributed by atoms with van der Waals surface area (Å²) in [6, 6.07) is 7.24. The van der Waals surface area contributed by atoms with Crippen LogP contribution in [-0.4, -0.2) is 46.5 Å². The monoisotopic (exact) mass is 425 g/mol. The second-order valence-corrected chi connectivity index (χ2v) is 8.29. The molecule has 0 radical (unpaired) electrons. The normalized spacial score (nSPS) is 27.6. The summed E-state index contributed by atoms with van der Waals surface area (Å²) in [7, 11) is 0. The van der Waals surface area contributed by atoms with Gasteiger partial charge in [-0.25, -0.2) is 0 Å². The summed E-state index contributed by atoms with van der Waals surface area (Å²) >= 11 is 0. The fourth-order valence-electron chi connectivity index (χ4n) is 5.02. The highest BCUT2D eigenvalue weighted by Gasteiger charge is 2.66. The minimum absolute atomic E-state index is 0.198. The number of hydrogen-bond acceptors (Lipinski definition) is 7. The molecule has 0 aliphatic carbocycles. The number of imide groups is 1. The summed E-state index contributed by atoms with van der Waals surface area (Å²) in [6.07, 6.45) is 0. The predicted octanol–water partition coefficient (Wildman–Crippen LogP) is 2.55. The Morgan fingerprint density at radius 1 is 1.19 bits per heavy atom. The number of rotatable bonds is 5. The SMILES string of the molecule is CCOC(=O)[C@]1(C)N[C@H](c2ccc(-c3c(C)noc3C)cc2)C2C(=O)N(CC)C(=O)[C@H]21. The highest BCUT2D eigenvalue weighted by molar-refractivity contribution is 6.09. The zero-order valence-corrected chi connectivity index (χ0v) is 18.4. The number of nitrogens with one attached hydrogen (secondary N) is 1. The van der Waals surface area contributed by atoms with Crippen LogP contribution in [0.15, 0.2) is 28.8 Å². The van der Waals surface area contributed by atoms with Gasteiger partial charge in [0.25, 0.3) is 0 Å². The first-order chi connectivity index (χ1) is 14.7. The van der Waals surface area contributed by atoms with E-state index in [0.29, 0.717) is 0 Å².